The molecule has 0 bridgehead atoms. The molecule has 144 valence electrons. The van der Waals surface area contributed by atoms with E-state index in [0.29, 0.717) is 18.7 Å². The number of fused-ring (bicyclic) bond motifs is 1. The summed E-state index contributed by atoms with van der Waals surface area (Å²) in [7, 11) is 0. The van der Waals surface area contributed by atoms with E-state index in [2.05, 4.69) is 20.9 Å². The molecule has 3 aliphatic heterocycles. The van der Waals surface area contributed by atoms with E-state index in [-0.39, 0.29) is 17.7 Å². The lowest BCUT2D eigenvalue weighted by molar-refractivity contribution is -0.146. The van der Waals surface area contributed by atoms with Crippen LogP contribution in [0.5, 0.6) is 0 Å². The minimum Gasteiger partial charge on any atom is -0.372 e. The Morgan fingerprint density at radius 2 is 1.81 bits per heavy atom. The zero-order valence-corrected chi connectivity index (χ0v) is 15.4. The summed E-state index contributed by atoms with van der Waals surface area (Å²) in [6.07, 6.45) is 4.40. The van der Waals surface area contributed by atoms with Crippen molar-refractivity contribution in [1.29, 1.82) is 0 Å². The number of anilines is 2. The third-order valence-electron chi connectivity index (χ3n) is 5.84. The van der Waals surface area contributed by atoms with Crippen molar-refractivity contribution in [3.63, 3.8) is 0 Å². The predicted octanol–water partition coefficient (Wildman–Crippen LogP) is 0.909. The Balaban J connectivity index is 1.42. The maximum Gasteiger partial charge on any atom is 0.244 e. The molecule has 3 aliphatic rings. The molecule has 7 heteroatoms. The molecule has 3 fully saturated rings. The largest absolute Gasteiger partial charge is 0.372 e. The Morgan fingerprint density at radius 1 is 1.07 bits per heavy atom. The quantitative estimate of drug-likeness (QED) is 0.688. The number of carbonyl (C=O) groups is 3. The minimum absolute atomic E-state index is 0.154. The van der Waals surface area contributed by atoms with Crippen LogP contribution in [0.25, 0.3) is 0 Å². The van der Waals surface area contributed by atoms with Gasteiger partial charge in [0.1, 0.15) is 0 Å². The van der Waals surface area contributed by atoms with E-state index in [1.54, 1.807) is 0 Å². The van der Waals surface area contributed by atoms with Gasteiger partial charge in [-0.2, -0.15) is 0 Å². The number of benzene rings is 1. The third kappa shape index (κ3) is 3.69. The molecule has 2 amide bonds. The number of carbonyl (C=O) groups excluding carboxylic acids is 3. The van der Waals surface area contributed by atoms with E-state index in [1.807, 2.05) is 24.3 Å². The van der Waals surface area contributed by atoms with Crippen LogP contribution in [0.15, 0.2) is 24.3 Å². The number of ketones is 1. The molecule has 27 heavy (non-hydrogen) atoms. The van der Waals surface area contributed by atoms with Crippen molar-refractivity contribution < 1.29 is 14.4 Å². The number of nitrogens with one attached hydrogen (secondary N) is 3. The Labute approximate surface area is 158 Å². The molecule has 0 radical (unpaired) electrons. The molecule has 1 aromatic rings. The van der Waals surface area contributed by atoms with Gasteiger partial charge in [-0.25, -0.2) is 0 Å². The van der Waals surface area contributed by atoms with Crippen molar-refractivity contribution in [1.82, 2.24) is 10.6 Å². The van der Waals surface area contributed by atoms with E-state index in [1.165, 1.54) is 19.3 Å². The van der Waals surface area contributed by atoms with Crippen LogP contribution in [-0.2, 0) is 14.4 Å². The average Bonchev–Trinajstić information content (AvgIpc) is 2.69. The Morgan fingerprint density at radius 3 is 2.56 bits per heavy atom. The molecule has 0 aliphatic carbocycles. The van der Waals surface area contributed by atoms with Crippen LogP contribution in [0.2, 0.25) is 0 Å². The maximum absolute atomic E-state index is 12.7. The molecule has 3 atom stereocenters. The summed E-state index contributed by atoms with van der Waals surface area (Å²) in [5.74, 6) is -2.90. The summed E-state index contributed by atoms with van der Waals surface area (Å²) < 4.78 is 0. The second-order valence-corrected chi connectivity index (χ2v) is 7.63. The summed E-state index contributed by atoms with van der Waals surface area (Å²) in [6, 6.07) is 7.46. The molecule has 4 rings (SSSR count). The van der Waals surface area contributed by atoms with Gasteiger partial charge in [-0.05, 0) is 56.5 Å². The minimum atomic E-state index is -1.27. The van der Waals surface area contributed by atoms with E-state index in [4.69, 9.17) is 0 Å². The van der Waals surface area contributed by atoms with Crippen LogP contribution in [0.1, 0.15) is 25.7 Å². The summed E-state index contributed by atoms with van der Waals surface area (Å²) in [6.45, 7) is 3.39. The van der Waals surface area contributed by atoms with Gasteiger partial charge in [-0.15, -0.1) is 0 Å². The summed E-state index contributed by atoms with van der Waals surface area (Å²) >= 11 is 0. The normalized spacial score (nSPS) is 28.3. The smallest absolute Gasteiger partial charge is 0.244 e. The number of hydrogen-bond donors (Lipinski definition) is 3. The van der Waals surface area contributed by atoms with Gasteiger partial charge in [0.05, 0.1) is 5.92 Å². The van der Waals surface area contributed by atoms with Gasteiger partial charge < -0.3 is 20.9 Å². The van der Waals surface area contributed by atoms with Crippen molar-refractivity contribution in [3.8, 4) is 0 Å². The number of hydrogen-bond acceptors (Lipinski definition) is 5. The van der Waals surface area contributed by atoms with E-state index < -0.39 is 17.7 Å². The lowest BCUT2D eigenvalue weighted by Gasteiger charge is -2.37. The van der Waals surface area contributed by atoms with Crippen LogP contribution >= 0.6 is 0 Å². The molecule has 7 nitrogen and oxygen atoms in total. The lowest BCUT2D eigenvalue weighted by atomic mass is 9.79. The number of amides is 2. The molecule has 0 spiro atoms. The summed E-state index contributed by atoms with van der Waals surface area (Å²) in [5, 5.41) is 8.76. The van der Waals surface area contributed by atoms with Crippen LogP contribution < -0.4 is 20.9 Å². The maximum atomic E-state index is 12.7. The third-order valence-corrected chi connectivity index (χ3v) is 5.84. The van der Waals surface area contributed by atoms with Crippen molar-refractivity contribution in [2.75, 3.05) is 36.4 Å². The van der Waals surface area contributed by atoms with Gasteiger partial charge in [-0.3, -0.25) is 14.4 Å². The second kappa shape index (κ2) is 7.68. The topological polar surface area (TPSA) is 90.5 Å². The standard InChI is InChI=1S/C20H26N4O3/c25-18-15-12-21-9-8-16(15)23-20(27)17(18)19(26)22-13-4-6-14(7-5-13)24-10-2-1-3-11-24/h4-7,15-17,21H,1-3,8-12H2,(H,22,26)(H,23,27)/t15-,16-,17?/m0/s1. The highest BCUT2D eigenvalue weighted by Gasteiger charge is 2.47. The van der Waals surface area contributed by atoms with Gasteiger partial charge in [0, 0.05) is 37.1 Å². The molecular formula is C20H26N4O3. The van der Waals surface area contributed by atoms with Gasteiger partial charge in [0.25, 0.3) is 0 Å². The molecule has 0 saturated carbocycles. The van der Waals surface area contributed by atoms with Crippen LogP contribution in [0.4, 0.5) is 11.4 Å². The SMILES string of the molecule is O=C(Nc1ccc(N2CCCCC2)cc1)C1C(=O)N[C@H]2CCNC[C@@H]2C1=O. The highest BCUT2D eigenvalue weighted by molar-refractivity contribution is 6.23. The highest BCUT2D eigenvalue weighted by atomic mass is 16.2. The average molecular weight is 370 g/mol. The number of nitrogens with zero attached hydrogens (tertiary/aromatic N) is 1. The second-order valence-electron chi connectivity index (χ2n) is 7.63. The van der Waals surface area contributed by atoms with Crippen LogP contribution in [-0.4, -0.2) is 49.8 Å². The Kier molecular flexibility index (Phi) is 5.11. The zero-order chi connectivity index (χ0) is 18.8. The molecule has 3 N–H and O–H groups in total. The van der Waals surface area contributed by atoms with Gasteiger partial charge in [-0.1, -0.05) is 0 Å². The van der Waals surface area contributed by atoms with Crippen molar-refractivity contribution in [2.24, 2.45) is 11.8 Å². The predicted molar refractivity (Wildman–Crippen MR) is 103 cm³/mol. The van der Waals surface area contributed by atoms with Gasteiger partial charge in [0.2, 0.25) is 11.8 Å². The van der Waals surface area contributed by atoms with E-state index in [9.17, 15) is 14.4 Å². The molecule has 1 unspecified atom stereocenters. The Hall–Kier alpha value is -2.41. The fourth-order valence-corrected chi connectivity index (χ4v) is 4.31. The number of Topliss-reactive ketones (excluding diaryl/α,β-unsaturated/α-hetero) is 1. The number of rotatable bonds is 3. The number of piperidine rings is 3. The lowest BCUT2D eigenvalue weighted by Crippen LogP contribution is -2.62. The molecule has 1 aromatic carbocycles. The molecular weight excluding hydrogens is 344 g/mol. The fraction of sp³-hybridized carbons (Fsp3) is 0.550. The van der Waals surface area contributed by atoms with Crippen molar-refractivity contribution in [3.05, 3.63) is 24.3 Å². The molecule has 3 heterocycles. The zero-order valence-electron chi connectivity index (χ0n) is 15.4. The van der Waals surface area contributed by atoms with Crippen LogP contribution in [0.3, 0.4) is 0 Å². The highest BCUT2D eigenvalue weighted by Crippen LogP contribution is 2.25. The molecule has 3 saturated heterocycles. The molecule has 0 aromatic heterocycles. The van der Waals surface area contributed by atoms with E-state index in [0.717, 1.165) is 25.3 Å². The van der Waals surface area contributed by atoms with Gasteiger partial charge >= 0.3 is 0 Å². The van der Waals surface area contributed by atoms with Crippen LogP contribution in [0, 0.1) is 11.8 Å². The summed E-state index contributed by atoms with van der Waals surface area (Å²) in [4.78, 5) is 40.0. The monoisotopic (exact) mass is 370 g/mol. The van der Waals surface area contributed by atoms with E-state index >= 15 is 0 Å². The first-order valence-electron chi connectivity index (χ1n) is 9.84. The Bertz CT molecular complexity index is 727. The first kappa shape index (κ1) is 18.0. The van der Waals surface area contributed by atoms with Crippen molar-refractivity contribution >= 4 is 29.0 Å². The van der Waals surface area contributed by atoms with Gasteiger partial charge in [0.15, 0.2) is 11.7 Å². The van der Waals surface area contributed by atoms with Crippen molar-refractivity contribution in [2.45, 2.75) is 31.7 Å². The first-order chi connectivity index (χ1) is 13.1. The first-order valence-corrected chi connectivity index (χ1v) is 9.84. The fourth-order valence-electron chi connectivity index (χ4n) is 4.31. The summed E-state index contributed by atoms with van der Waals surface area (Å²) in [5.41, 5.74) is 1.74.